The molecule has 0 spiro atoms. The largest absolute Gasteiger partial charge is 0.494 e. The Morgan fingerprint density at radius 1 is 1.39 bits per heavy atom. The summed E-state index contributed by atoms with van der Waals surface area (Å²) in [6.45, 7) is 2.38. The van der Waals surface area contributed by atoms with Crippen LogP contribution in [0.3, 0.4) is 0 Å². The minimum absolute atomic E-state index is 0.267. The Morgan fingerprint density at radius 3 is 2.70 bits per heavy atom. The predicted octanol–water partition coefficient (Wildman–Crippen LogP) is 3.15. The molecular formula is C16H17NO4S2. The van der Waals surface area contributed by atoms with Crippen LogP contribution in [0.5, 0.6) is 5.75 Å². The third kappa shape index (κ3) is 4.80. The molecule has 0 saturated carbocycles. The Balaban J connectivity index is 2.05. The van der Waals surface area contributed by atoms with E-state index in [0.29, 0.717) is 11.5 Å². The summed E-state index contributed by atoms with van der Waals surface area (Å²) in [6, 6.07) is 7.40. The van der Waals surface area contributed by atoms with Crippen LogP contribution in [0.25, 0.3) is 6.08 Å². The van der Waals surface area contributed by atoms with Crippen molar-refractivity contribution in [1.82, 2.24) is 4.90 Å². The van der Waals surface area contributed by atoms with Gasteiger partial charge in [-0.2, -0.15) is 0 Å². The van der Waals surface area contributed by atoms with Gasteiger partial charge in [0.25, 0.3) is 5.91 Å². The van der Waals surface area contributed by atoms with Crippen LogP contribution in [0.1, 0.15) is 25.3 Å². The second kappa shape index (κ2) is 8.12. The zero-order chi connectivity index (χ0) is 16.8. The van der Waals surface area contributed by atoms with Crippen LogP contribution in [0.4, 0.5) is 0 Å². The number of unbranched alkanes of at least 4 members (excludes halogenated alkanes) is 1. The van der Waals surface area contributed by atoms with Crippen molar-refractivity contribution >= 4 is 46.3 Å². The first-order valence-electron chi connectivity index (χ1n) is 7.21. The third-order valence-electron chi connectivity index (χ3n) is 3.11. The van der Waals surface area contributed by atoms with Gasteiger partial charge in [-0.15, -0.1) is 0 Å². The number of hydrogen-bond acceptors (Lipinski definition) is 5. The van der Waals surface area contributed by atoms with Crippen LogP contribution in [0, 0.1) is 0 Å². The van der Waals surface area contributed by atoms with Gasteiger partial charge in [-0.25, -0.2) is 0 Å². The number of nitrogens with zero attached hydrogens (tertiary/aromatic N) is 1. The Morgan fingerprint density at radius 2 is 2.09 bits per heavy atom. The minimum Gasteiger partial charge on any atom is -0.494 e. The van der Waals surface area contributed by atoms with Crippen molar-refractivity contribution in [2.24, 2.45) is 0 Å². The fourth-order valence-electron chi connectivity index (χ4n) is 1.92. The van der Waals surface area contributed by atoms with E-state index in [1.54, 1.807) is 6.08 Å². The van der Waals surface area contributed by atoms with Crippen molar-refractivity contribution in [3.63, 3.8) is 0 Å². The van der Waals surface area contributed by atoms with Crippen LogP contribution in [0.2, 0.25) is 0 Å². The molecule has 2 rings (SSSR count). The second-order valence-corrected chi connectivity index (χ2v) is 6.61. The molecule has 0 atom stereocenters. The number of thioether (sulfide) groups is 1. The van der Waals surface area contributed by atoms with Crippen LogP contribution in [0.15, 0.2) is 29.2 Å². The molecule has 0 radical (unpaired) electrons. The Labute approximate surface area is 144 Å². The number of benzene rings is 1. The molecular weight excluding hydrogens is 334 g/mol. The molecule has 5 nitrogen and oxygen atoms in total. The number of carbonyl (C=O) groups is 2. The fourth-order valence-corrected chi connectivity index (χ4v) is 3.17. The minimum atomic E-state index is -1.09. The van der Waals surface area contributed by atoms with Gasteiger partial charge < -0.3 is 9.84 Å². The van der Waals surface area contributed by atoms with Crippen LogP contribution >= 0.6 is 24.0 Å². The van der Waals surface area contributed by atoms with E-state index in [-0.39, 0.29) is 10.2 Å². The highest BCUT2D eigenvalue weighted by Crippen LogP contribution is 2.32. The molecule has 1 fully saturated rings. The normalized spacial score (nSPS) is 16.2. The number of amides is 1. The van der Waals surface area contributed by atoms with Crippen molar-refractivity contribution in [2.45, 2.75) is 19.8 Å². The van der Waals surface area contributed by atoms with Crippen molar-refractivity contribution in [1.29, 1.82) is 0 Å². The third-order valence-corrected chi connectivity index (χ3v) is 4.49. The van der Waals surface area contributed by atoms with Gasteiger partial charge in [-0.05, 0) is 30.2 Å². The Kier molecular flexibility index (Phi) is 6.18. The van der Waals surface area contributed by atoms with Gasteiger partial charge in [-0.1, -0.05) is 49.5 Å². The zero-order valence-electron chi connectivity index (χ0n) is 12.7. The molecule has 1 aliphatic rings. The highest BCUT2D eigenvalue weighted by molar-refractivity contribution is 8.26. The van der Waals surface area contributed by atoms with Crippen molar-refractivity contribution in [3.8, 4) is 5.75 Å². The smallest absolute Gasteiger partial charge is 0.323 e. The van der Waals surface area contributed by atoms with Gasteiger partial charge in [-0.3, -0.25) is 14.5 Å². The lowest BCUT2D eigenvalue weighted by Crippen LogP contribution is -2.33. The fraction of sp³-hybridized carbons (Fsp3) is 0.312. The number of carbonyl (C=O) groups excluding carboxylic acids is 1. The number of ether oxygens (including phenoxy) is 1. The molecule has 0 bridgehead atoms. The number of thiocarbonyl (C=S) groups is 1. The van der Waals surface area contributed by atoms with Crippen molar-refractivity contribution in [3.05, 3.63) is 34.7 Å². The van der Waals surface area contributed by atoms with Crippen LogP contribution in [-0.4, -0.2) is 39.4 Å². The average molecular weight is 351 g/mol. The van der Waals surface area contributed by atoms with E-state index in [0.717, 1.165) is 40.8 Å². The summed E-state index contributed by atoms with van der Waals surface area (Å²) >= 11 is 6.17. The maximum absolute atomic E-state index is 12.2. The maximum atomic E-state index is 12.2. The summed E-state index contributed by atoms with van der Waals surface area (Å²) in [6.07, 6.45) is 3.79. The van der Waals surface area contributed by atoms with Gasteiger partial charge in [0, 0.05) is 0 Å². The summed E-state index contributed by atoms with van der Waals surface area (Å²) in [5.74, 6) is -0.671. The Hall–Kier alpha value is -1.86. The summed E-state index contributed by atoms with van der Waals surface area (Å²) in [7, 11) is 0. The molecule has 1 amide bonds. The zero-order valence-corrected chi connectivity index (χ0v) is 14.3. The molecule has 0 aliphatic carbocycles. The SMILES string of the molecule is CCCCOc1ccc(/C=C2\SC(=S)N(CC(=O)O)C2=O)cc1. The molecule has 1 aromatic rings. The quantitative estimate of drug-likeness (QED) is 0.462. The topological polar surface area (TPSA) is 66.8 Å². The summed E-state index contributed by atoms with van der Waals surface area (Å²) in [5.41, 5.74) is 0.837. The van der Waals surface area contributed by atoms with Gasteiger partial charge in [0.2, 0.25) is 0 Å². The maximum Gasteiger partial charge on any atom is 0.323 e. The first-order valence-corrected chi connectivity index (χ1v) is 8.43. The molecule has 1 aromatic carbocycles. The molecule has 1 N–H and O–H groups in total. The first-order chi connectivity index (χ1) is 11.0. The van der Waals surface area contributed by atoms with Crippen molar-refractivity contribution < 1.29 is 19.4 Å². The molecule has 1 saturated heterocycles. The van der Waals surface area contributed by atoms with Crippen LogP contribution < -0.4 is 4.74 Å². The highest BCUT2D eigenvalue weighted by Gasteiger charge is 2.33. The molecule has 7 heteroatoms. The van der Waals surface area contributed by atoms with E-state index >= 15 is 0 Å². The van der Waals surface area contributed by atoms with Gasteiger partial charge in [0.15, 0.2) is 0 Å². The number of rotatable bonds is 7. The highest BCUT2D eigenvalue weighted by atomic mass is 32.2. The lowest BCUT2D eigenvalue weighted by atomic mass is 10.2. The van der Waals surface area contributed by atoms with Gasteiger partial charge >= 0.3 is 5.97 Å². The molecule has 0 unspecified atom stereocenters. The molecule has 23 heavy (non-hydrogen) atoms. The molecule has 1 heterocycles. The number of carboxylic acid groups (broad SMARTS) is 1. The Bertz CT molecular complexity index is 640. The summed E-state index contributed by atoms with van der Waals surface area (Å²) < 4.78 is 5.85. The predicted molar refractivity (Wildman–Crippen MR) is 94.4 cm³/mol. The van der Waals surface area contributed by atoms with Crippen molar-refractivity contribution in [2.75, 3.05) is 13.2 Å². The lowest BCUT2D eigenvalue weighted by Gasteiger charge is -2.10. The first kappa shape index (κ1) is 17.5. The van der Waals surface area contributed by atoms with Crippen LogP contribution in [-0.2, 0) is 9.59 Å². The number of carboxylic acids is 1. The summed E-state index contributed by atoms with van der Waals surface area (Å²) in [4.78, 5) is 24.4. The number of aliphatic carboxylic acids is 1. The molecule has 1 aliphatic heterocycles. The van der Waals surface area contributed by atoms with Gasteiger partial charge in [0.1, 0.15) is 16.6 Å². The van der Waals surface area contributed by atoms with E-state index < -0.39 is 12.5 Å². The molecule has 0 aromatic heterocycles. The standard InChI is InChI=1S/C16H17NO4S2/c1-2-3-8-21-12-6-4-11(5-7-12)9-13-15(20)17(10-14(18)19)16(22)23-13/h4-7,9H,2-3,8,10H2,1H3,(H,18,19)/b13-9-. The average Bonchev–Trinajstić information content (AvgIpc) is 2.76. The van der Waals surface area contributed by atoms with E-state index in [1.807, 2.05) is 24.3 Å². The number of hydrogen-bond donors (Lipinski definition) is 1. The molecule has 122 valence electrons. The lowest BCUT2D eigenvalue weighted by molar-refractivity contribution is -0.140. The van der Waals surface area contributed by atoms with E-state index in [1.165, 1.54) is 0 Å². The van der Waals surface area contributed by atoms with E-state index in [2.05, 4.69) is 6.92 Å². The second-order valence-electron chi connectivity index (χ2n) is 4.93. The summed E-state index contributed by atoms with van der Waals surface area (Å²) in [5, 5.41) is 8.81. The van der Waals surface area contributed by atoms with E-state index in [9.17, 15) is 9.59 Å². The van der Waals surface area contributed by atoms with E-state index in [4.69, 9.17) is 22.1 Å². The van der Waals surface area contributed by atoms with Gasteiger partial charge in [0.05, 0.1) is 11.5 Å². The monoisotopic (exact) mass is 351 g/mol.